The smallest absolute Gasteiger partial charge is 0.337 e. The number of benzene rings is 3. The summed E-state index contributed by atoms with van der Waals surface area (Å²) < 4.78 is 43.3. The summed E-state index contributed by atoms with van der Waals surface area (Å²) in [6, 6.07) is 15.8. The van der Waals surface area contributed by atoms with E-state index in [2.05, 4.69) is 4.90 Å². The van der Waals surface area contributed by atoms with Gasteiger partial charge in [0.25, 0.3) is 0 Å². The average molecular weight is 745 g/mol. The summed E-state index contributed by atoms with van der Waals surface area (Å²) in [5, 5.41) is 10.8. The molecule has 3 fully saturated rings. The molecule has 0 radical (unpaired) electrons. The van der Waals surface area contributed by atoms with Gasteiger partial charge in [0, 0.05) is 79.4 Å². The number of aliphatic carboxylic acids is 1. The molecule has 0 spiro atoms. The first kappa shape index (κ1) is 36.6. The van der Waals surface area contributed by atoms with Crippen LogP contribution in [0.1, 0.15) is 72.3 Å². The van der Waals surface area contributed by atoms with E-state index in [1.807, 2.05) is 28.6 Å². The number of anilines is 2. The molecule has 2 saturated heterocycles. The number of halogens is 1. The molecule has 1 amide bonds. The van der Waals surface area contributed by atoms with Crippen molar-refractivity contribution in [3.63, 3.8) is 0 Å². The highest BCUT2D eigenvalue weighted by molar-refractivity contribution is 7.81. The van der Waals surface area contributed by atoms with Crippen LogP contribution in [0.25, 0.3) is 22.2 Å². The summed E-state index contributed by atoms with van der Waals surface area (Å²) >= 11 is 0. The lowest BCUT2D eigenvalue weighted by atomic mass is 9.81. The van der Waals surface area contributed by atoms with Crippen LogP contribution in [0.5, 0.6) is 5.75 Å². The average Bonchev–Trinajstić information content (AvgIpc) is 3.74. The molecule has 2 aliphatic heterocycles. The summed E-state index contributed by atoms with van der Waals surface area (Å²) in [5.41, 5.74) is 5.07. The molecule has 1 atom stereocenters. The maximum atomic E-state index is 16.5. The van der Waals surface area contributed by atoms with Crippen LogP contribution in [0.15, 0.2) is 54.6 Å². The van der Waals surface area contributed by atoms with Crippen molar-refractivity contribution in [1.82, 2.24) is 8.87 Å². The fraction of sp³-hybridized carbons (Fsp3) is 0.425. The first-order valence-corrected chi connectivity index (χ1v) is 19.8. The molecule has 1 aromatic heterocycles. The standard InChI is InChI=1S/C40H45FN4O7S/c1-51-40(49)27-10-13-32-35(22-27)45(24-37(47)48)39(38(32)26-7-4-3-5-8-26)31-14-12-30(23-33(31)41)52-25-28-21-29(44-16-6-9-36(44)46)11-15-34(28)42-17-19-43(20-18-42)53(2)50/h10-15,21-23,26H,3-9,16-20,24-25H2,1-2H3,(H,47,48). The maximum absolute atomic E-state index is 16.5. The van der Waals surface area contributed by atoms with Crippen molar-refractivity contribution in [2.45, 2.75) is 64.0 Å². The Labute approximate surface area is 310 Å². The number of ether oxygens (including phenoxy) is 2. The lowest BCUT2D eigenvalue weighted by molar-refractivity contribution is -0.137. The molecular weight excluding hydrogens is 700 g/mol. The molecule has 1 unspecified atom stereocenters. The van der Waals surface area contributed by atoms with Crippen molar-refractivity contribution in [3.8, 4) is 17.0 Å². The van der Waals surface area contributed by atoms with Crippen LogP contribution < -0.4 is 14.5 Å². The van der Waals surface area contributed by atoms with Crippen molar-refractivity contribution in [2.24, 2.45) is 0 Å². The largest absolute Gasteiger partial charge is 0.489 e. The number of fused-ring (bicyclic) bond motifs is 1. The van der Waals surface area contributed by atoms with Crippen LogP contribution in [-0.2, 0) is 38.5 Å². The van der Waals surface area contributed by atoms with Crippen LogP contribution in [0.2, 0.25) is 0 Å². The third-order valence-corrected chi connectivity index (χ3v) is 11.9. The van der Waals surface area contributed by atoms with Gasteiger partial charge in [-0.3, -0.25) is 9.59 Å². The Morgan fingerprint density at radius 3 is 2.38 bits per heavy atom. The second-order valence-electron chi connectivity index (χ2n) is 14.0. The summed E-state index contributed by atoms with van der Waals surface area (Å²) in [6.45, 7) is 2.99. The minimum atomic E-state index is -1.08. The van der Waals surface area contributed by atoms with Crippen LogP contribution in [-0.4, -0.2) is 82.1 Å². The van der Waals surface area contributed by atoms with Gasteiger partial charge in [-0.05, 0) is 73.2 Å². The minimum Gasteiger partial charge on any atom is -0.489 e. The number of carboxylic acids is 1. The molecule has 1 aliphatic carbocycles. The van der Waals surface area contributed by atoms with E-state index in [0.29, 0.717) is 56.1 Å². The van der Waals surface area contributed by atoms with Crippen LogP contribution in [0.3, 0.4) is 0 Å². The number of hydrogen-bond donors (Lipinski definition) is 1. The lowest BCUT2D eigenvalue weighted by Crippen LogP contribution is -2.47. The van der Waals surface area contributed by atoms with Gasteiger partial charge in [-0.15, -0.1) is 0 Å². The second-order valence-corrected chi connectivity index (χ2v) is 15.4. The van der Waals surface area contributed by atoms with Gasteiger partial charge in [0.2, 0.25) is 5.91 Å². The van der Waals surface area contributed by atoms with Crippen molar-refractivity contribution in [1.29, 1.82) is 0 Å². The number of esters is 1. The highest BCUT2D eigenvalue weighted by atomic mass is 32.2. The Balaban J connectivity index is 1.24. The van der Waals surface area contributed by atoms with Gasteiger partial charge in [0.1, 0.15) is 24.7 Å². The number of nitrogens with zero attached hydrogens (tertiary/aromatic N) is 4. The quantitative estimate of drug-likeness (QED) is 0.173. The SMILES string of the molecule is COC(=O)c1ccc2c(C3CCCCC3)c(-c3ccc(OCc4cc(N5CCCC5=O)ccc4N4CCN(S(C)=O)CC4)cc3F)n(CC(=O)O)c2c1. The van der Waals surface area contributed by atoms with Gasteiger partial charge in [0.05, 0.1) is 34.9 Å². The third kappa shape index (κ3) is 7.54. The topological polar surface area (TPSA) is 122 Å². The monoisotopic (exact) mass is 744 g/mol. The molecule has 11 nitrogen and oxygen atoms in total. The van der Waals surface area contributed by atoms with E-state index in [4.69, 9.17) is 9.47 Å². The van der Waals surface area contributed by atoms with E-state index >= 15 is 4.39 Å². The highest BCUT2D eigenvalue weighted by Gasteiger charge is 2.30. The van der Waals surface area contributed by atoms with Gasteiger partial charge in [0.15, 0.2) is 0 Å². The molecular formula is C40H45FN4O7S. The zero-order valence-corrected chi connectivity index (χ0v) is 31.0. The van der Waals surface area contributed by atoms with Crippen molar-refractivity contribution in [2.75, 3.05) is 55.9 Å². The number of aromatic nitrogens is 1. The Hall–Kier alpha value is -4.75. The van der Waals surface area contributed by atoms with Crippen molar-refractivity contribution < 1.29 is 37.6 Å². The molecule has 0 bridgehead atoms. The predicted molar refractivity (Wildman–Crippen MR) is 202 cm³/mol. The number of hydrogen-bond acceptors (Lipinski definition) is 7. The lowest BCUT2D eigenvalue weighted by Gasteiger charge is -2.36. The molecule has 53 heavy (non-hydrogen) atoms. The summed E-state index contributed by atoms with van der Waals surface area (Å²) in [4.78, 5) is 41.4. The van der Waals surface area contributed by atoms with Gasteiger partial charge in [-0.2, -0.15) is 0 Å². The van der Waals surface area contributed by atoms with E-state index in [9.17, 15) is 23.7 Å². The van der Waals surface area contributed by atoms with Gasteiger partial charge >= 0.3 is 11.9 Å². The Kier molecular flexibility index (Phi) is 10.8. The molecule has 13 heteroatoms. The first-order chi connectivity index (χ1) is 25.6. The molecule has 3 aromatic carbocycles. The predicted octanol–water partition coefficient (Wildman–Crippen LogP) is 6.49. The Morgan fingerprint density at radius 1 is 0.943 bits per heavy atom. The molecule has 1 N–H and O–H groups in total. The minimum absolute atomic E-state index is 0.0794. The third-order valence-electron chi connectivity index (χ3n) is 10.8. The Bertz CT molecular complexity index is 2070. The van der Waals surface area contributed by atoms with Crippen molar-refractivity contribution >= 4 is 51.1 Å². The molecule has 1 saturated carbocycles. The number of carbonyl (C=O) groups excluding carboxylic acids is 2. The second kappa shape index (κ2) is 15.7. The van der Waals surface area contributed by atoms with E-state index in [1.54, 1.807) is 40.0 Å². The van der Waals surface area contributed by atoms with Gasteiger partial charge in [-0.1, -0.05) is 25.3 Å². The number of rotatable bonds is 11. The van der Waals surface area contributed by atoms with Gasteiger partial charge < -0.3 is 28.9 Å². The number of amides is 1. The van der Waals surface area contributed by atoms with Crippen LogP contribution >= 0.6 is 0 Å². The van der Waals surface area contributed by atoms with E-state index in [0.717, 1.165) is 66.4 Å². The zero-order valence-electron chi connectivity index (χ0n) is 30.1. The maximum Gasteiger partial charge on any atom is 0.337 e. The summed E-state index contributed by atoms with van der Waals surface area (Å²) in [5.74, 6) is -1.69. The molecule has 280 valence electrons. The van der Waals surface area contributed by atoms with Crippen LogP contribution in [0.4, 0.5) is 15.8 Å². The normalized spacial score (nSPS) is 17.8. The molecule has 3 aliphatic rings. The number of carboxylic acid groups (broad SMARTS) is 1. The first-order valence-electron chi connectivity index (χ1n) is 18.3. The molecule has 4 aromatic rings. The summed E-state index contributed by atoms with van der Waals surface area (Å²) in [7, 11) is 0.248. The van der Waals surface area contributed by atoms with Crippen molar-refractivity contribution in [3.05, 3.63) is 77.1 Å². The zero-order chi connectivity index (χ0) is 37.2. The van der Waals surface area contributed by atoms with E-state index in [-0.39, 0.29) is 29.6 Å². The van der Waals surface area contributed by atoms with E-state index < -0.39 is 35.3 Å². The Morgan fingerprint density at radius 2 is 1.72 bits per heavy atom. The number of carbonyl (C=O) groups is 3. The fourth-order valence-corrected chi connectivity index (χ4v) is 8.90. The number of piperazine rings is 1. The summed E-state index contributed by atoms with van der Waals surface area (Å²) in [6.07, 6.45) is 7.95. The van der Waals surface area contributed by atoms with E-state index in [1.165, 1.54) is 13.2 Å². The van der Waals surface area contributed by atoms with Gasteiger partial charge in [-0.25, -0.2) is 17.7 Å². The fourth-order valence-electron chi connectivity index (χ4n) is 8.23. The molecule has 3 heterocycles. The molecule has 7 rings (SSSR count). The highest BCUT2D eigenvalue weighted by Crippen LogP contribution is 2.45. The number of methoxy groups -OCH3 is 1. The van der Waals surface area contributed by atoms with Crippen LogP contribution in [0, 0.1) is 5.82 Å².